The Morgan fingerprint density at radius 2 is 1.88 bits per heavy atom. The predicted molar refractivity (Wildman–Crippen MR) is 124 cm³/mol. The van der Waals surface area contributed by atoms with Crippen LogP contribution in [-0.2, 0) is 4.79 Å². The van der Waals surface area contributed by atoms with E-state index in [9.17, 15) is 9.59 Å². The highest BCUT2D eigenvalue weighted by molar-refractivity contribution is 7.99. The van der Waals surface area contributed by atoms with Gasteiger partial charge in [0.1, 0.15) is 5.75 Å². The number of nitrogens with zero attached hydrogens (tertiary/aromatic N) is 5. The van der Waals surface area contributed by atoms with Crippen LogP contribution >= 0.6 is 11.8 Å². The van der Waals surface area contributed by atoms with E-state index in [1.807, 2.05) is 29.5 Å². The highest BCUT2D eigenvalue weighted by atomic mass is 32.2. The third kappa shape index (κ3) is 4.02. The molecule has 170 valence electrons. The number of aromatic nitrogens is 3. The van der Waals surface area contributed by atoms with Gasteiger partial charge in [-0.15, -0.1) is 10.2 Å². The van der Waals surface area contributed by atoms with Gasteiger partial charge in [-0.1, -0.05) is 11.8 Å². The molecule has 1 aromatic carbocycles. The molecule has 0 spiro atoms. The minimum Gasteiger partial charge on any atom is -0.497 e. The van der Waals surface area contributed by atoms with Crippen LogP contribution in [0.4, 0.5) is 0 Å². The molecule has 3 aromatic heterocycles. The van der Waals surface area contributed by atoms with Crippen LogP contribution in [0.15, 0.2) is 52.2 Å². The smallest absolute Gasteiger partial charge is 0.289 e. The first-order valence-electron chi connectivity index (χ1n) is 10.6. The highest BCUT2D eigenvalue weighted by Crippen LogP contribution is 2.28. The minimum atomic E-state index is -0.143. The van der Waals surface area contributed by atoms with Crippen molar-refractivity contribution in [3.63, 3.8) is 0 Å². The van der Waals surface area contributed by atoms with Crippen molar-refractivity contribution in [2.75, 3.05) is 39.0 Å². The molecule has 1 aliphatic rings. The second kappa shape index (κ2) is 8.78. The number of ether oxygens (including phenoxy) is 1. The van der Waals surface area contributed by atoms with Gasteiger partial charge < -0.3 is 19.0 Å². The summed E-state index contributed by atoms with van der Waals surface area (Å²) < 4.78 is 12.5. The highest BCUT2D eigenvalue weighted by Gasteiger charge is 2.26. The second-order valence-electron chi connectivity index (χ2n) is 7.83. The summed E-state index contributed by atoms with van der Waals surface area (Å²) in [6, 6.07) is 11.3. The van der Waals surface area contributed by atoms with Crippen LogP contribution in [-0.4, -0.2) is 75.3 Å². The molecule has 4 heterocycles. The molecule has 0 aliphatic carbocycles. The molecule has 0 bridgehead atoms. The summed E-state index contributed by atoms with van der Waals surface area (Å²) in [6.07, 6.45) is 1.49. The number of fused-ring (bicyclic) bond motifs is 3. The molecule has 5 rings (SSSR count). The number of rotatable bonds is 5. The van der Waals surface area contributed by atoms with Gasteiger partial charge in [-0.2, -0.15) is 0 Å². The third-order valence-electron chi connectivity index (χ3n) is 5.81. The van der Waals surface area contributed by atoms with Gasteiger partial charge in [-0.3, -0.25) is 14.0 Å². The molecule has 0 radical (unpaired) electrons. The molecule has 0 saturated carbocycles. The number of carbonyl (C=O) groups excluding carboxylic acids is 2. The lowest BCUT2D eigenvalue weighted by atomic mass is 10.1. The van der Waals surface area contributed by atoms with Gasteiger partial charge in [0, 0.05) is 31.6 Å². The van der Waals surface area contributed by atoms with E-state index in [-0.39, 0.29) is 17.6 Å². The van der Waals surface area contributed by atoms with E-state index < -0.39 is 0 Å². The Bertz CT molecular complexity index is 1330. The number of thioether (sulfide) groups is 1. The number of carbonyl (C=O) groups is 2. The average molecular weight is 466 g/mol. The van der Waals surface area contributed by atoms with Crippen molar-refractivity contribution < 1.29 is 18.7 Å². The molecule has 4 aromatic rings. The van der Waals surface area contributed by atoms with E-state index in [2.05, 4.69) is 16.3 Å². The monoisotopic (exact) mass is 465 g/mol. The summed E-state index contributed by atoms with van der Waals surface area (Å²) >= 11 is 1.37. The molecule has 33 heavy (non-hydrogen) atoms. The molecule has 10 heteroatoms. The molecular weight excluding hydrogens is 442 g/mol. The number of hydrogen-bond acceptors (Lipinski definition) is 7. The molecule has 1 aliphatic heterocycles. The summed E-state index contributed by atoms with van der Waals surface area (Å²) in [5.74, 6) is 1.22. The van der Waals surface area contributed by atoms with E-state index in [4.69, 9.17) is 9.15 Å². The van der Waals surface area contributed by atoms with E-state index in [1.165, 1.54) is 18.0 Å². The lowest BCUT2D eigenvalue weighted by molar-refractivity contribution is -0.129. The molecule has 0 unspecified atom stereocenters. The number of furan rings is 1. The number of aryl methyl sites for hydroxylation is 1. The SMILES string of the molecule is COc1ccc2c(c1)cc(C)c1nnc(SCC(=O)N3CCN(C(=O)c4ccco4)CC3)n12. The molecule has 0 atom stereocenters. The lowest BCUT2D eigenvalue weighted by Crippen LogP contribution is -2.51. The summed E-state index contributed by atoms with van der Waals surface area (Å²) in [7, 11) is 1.64. The topological polar surface area (TPSA) is 93.2 Å². The fraction of sp³-hybridized carbons (Fsp3) is 0.304. The van der Waals surface area contributed by atoms with Gasteiger partial charge >= 0.3 is 0 Å². The largest absolute Gasteiger partial charge is 0.497 e. The van der Waals surface area contributed by atoms with Crippen molar-refractivity contribution in [1.29, 1.82) is 0 Å². The Hall–Kier alpha value is -3.53. The lowest BCUT2D eigenvalue weighted by Gasteiger charge is -2.34. The van der Waals surface area contributed by atoms with Crippen LogP contribution < -0.4 is 4.74 Å². The molecular formula is C23H23N5O4S. The van der Waals surface area contributed by atoms with Crippen molar-refractivity contribution in [2.24, 2.45) is 0 Å². The number of methoxy groups -OCH3 is 1. The standard InChI is InChI=1S/C23H23N5O4S/c1-15-12-16-13-17(31-2)5-6-18(16)28-21(15)24-25-23(28)33-14-20(29)26-7-9-27(10-8-26)22(30)19-4-3-11-32-19/h3-6,11-13H,7-10,14H2,1-2H3. The second-order valence-corrected chi connectivity index (χ2v) is 8.78. The molecule has 9 nitrogen and oxygen atoms in total. The number of amides is 2. The van der Waals surface area contributed by atoms with Gasteiger partial charge in [0.25, 0.3) is 5.91 Å². The van der Waals surface area contributed by atoms with Crippen LogP contribution in [0.5, 0.6) is 5.75 Å². The van der Waals surface area contributed by atoms with Crippen molar-refractivity contribution in [1.82, 2.24) is 24.4 Å². The van der Waals surface area contributed by atoms with Crippen molar-refractivity contribution in [2.45, 2.75) is 12.1 Å². The number of piperazine rings is 1. The fourth-order valence-corrected chi connectivity index (χ4v) is 4.89. The van der Waals surface area contributed by atoms with Crippen LogP contribution in [0.3, 0.4) is 0 Å². The van der Waals surface area contributed by atoms with Crippen LogP contribution in [0.25, 0.3) is 16.6 Å². The van der Waals surface area contributed by atoms with Crippen LogP contribution in [0.1, 0.15) is 16.1 Å². The van der Waals surface area contributed by atoms with Gasteiger partial charge in [-0.25, -0.2) is 0 Å². The Kier molecular flexibility index (Phi) is 5.67. The zero-order chi connectivity index (χ0) is 22.9. The molecule has 1 fully saturated rings. The van der Waals surface area contributed by atoms with Gasteiger partial charge in [-0.05, 0) is 48.9 Å². The Morgan fingerprint density at radius 3 is 2.61 bits per heavy atom. The summed E-state index contributed by atoms with van der Waals surface area (Å²) in [5, 5.41) is 10.4. The van der Waals surface area contributed by atoms with Gasteiger partial charge in [0.05, 0.1) is 24.6 Å². The fourth-order valence-electron chi connectivity index (χ4n) is 4.05. The van der Waals surface area contributed by atoms with Crippen LogP contribution in [0, 0.1) is 6.92 Å². The summed E-state index contributed by atoms with van der Waals surface area (Å²) in [5.41, 5.74) is 2.73. The zero-order valence-electron chi connectivity index (χ0n) is 18.4. The maximum atomic E-state index is 12.9. The molecule has 1 saturated heterocycles. The molecule has 2 amide bonds. The Labute approximate surface area is 194 Å². The third-order valence-corrected chi connectivity index (χ3v) is 6.72. The maximum absolute atomic E-state index is 12.9. The number of pyridine rings is 1. The van der Waals surface area contributed by atoms with Crippen molar-refractivity contribution in [3.05, 3.63) is 54.0 Å². The average Bonchev–Trinajstić information content (AvgIpc) is 3.53. The van der Waals surface area contributed by atoms with E-state index in [0.717, 1.165) is 27.9 Å². The maximum Gasteiger partial charge on any atom is 0.289 e. The Morgan fingerprint density at radius 1 is 1.09 bits per heavy atom. The molecule has 0 N–H and O–H groups in total. The van der Waals surface area contributed by atoms with E-state index >= 15 is 0 Å². The van der Waals surface area contributed by atoms with Gasteiger partial charge in [0.15, 0.2) is 16.6 Å². The number of hydrogen-bond donors (Lipinski definition) is 0. The quantitative estimate of drug-likeness (QED) is 0.419. The number of benzene rings is 1. The first-order chi connectivity index (χ1) is 16.0. The normalized spacial score (nSPS) is 14.2. The van der Waals surface area contributed by atoms with E-state index in [0.29, 0.717) is 37.1 Å². The van der Waals surface area contributed by atoms with Crippen molar-refractivity contribution >= 4 is 40.1 Å². The predicted octanol–water partition coefficient (Wildman–Crippen LogP) is 2.87. The van der Waals surface area contributed by atoms with Gasteiger partial charge in [0.2, 0.25) is 5.91 Å². The van der Waals surface area contributed by atoms with E-state index in [1.54, 1.807) is 29.0 Å². The first-order valence-corrected chi connectivity index (χ1v) is 11.6. The minimum absolute atomic E-state index is 0.0143. The summed E-state index contributed by atoms with van der Waals surface area (Å²) in [4.78, 5) is 28.8. The van der Waals surface area contributed by atoms with Crippen LogP contribution in [0.2, 0.25) is 0 Å². The first kappa shape index (κ1) is 21.3. The zero-order valence-corrected chi connectivity index (χ0v) is 19.2. The summed E-state index contributed by atoms with van der Waals surface area (Å²) in [6.45, 7) is 3.94. The Balaban J connectivity index is 1.27. The van der Waals surface area contributed by atoms with Crippen molar-refractivity contribution in [3.8, 4) is 5.75 Å².